The minimum atomic E-state index is -6.00. The van der Waals surface area contributed by atoms with Gasteiger partial charge in [0.25, 0.3) is 11.4 Å². The highest BCUT2D eigenvalue weighted by Crippen LogP contribution is 2.11. The van der Waals surface area contributed by atoms with Crippen LogP contribution in [0.25, 0.3) is 0 Å². The monoisotopic (exact) mass is 682 g/mol. The van der Waals surface area contributed by atoms with Gasteiger partial charge in [-0.25, -0.2) is 28.5 Å². The van der Waals surface area contributed by atoms with Crippen molar-refractivity contribution in [3.05, 3.63) is 0 Å². The van der Waals surface area contributed by atoms with Crippen molar-refractivity contribution in [3.8, 4) is 12.1 Å². The van der Waals surface area contributed by atoms with Crippen molar-refractivity contribution in [1.82, 2.24) is 9.80 Å². The summed E-state index contributed by atoms with van der Waals surface area (Å²) in [4.78, 5) is 44.6. The molecular weight excluding hydrogens is 648 g/mol. The second-order valence-electron chi connectivity index (χ2n) is 8.15. The summed E-state index contributed by atoms with van der Waals surface area (Å²) < 4.78 is 83.1. The minimum Gasteiger partial charge on any atom is -0.542 e. The van der Waals surface area contributed by atoms with E-state index in [4.69, 9.17) is 30.1 Å². The third kappa shape index (κ3) is 27.7. The zero-order valence-corrected chi connectivity index (χ0v) is 26.5. The van der Waals surface area contributed by atoms with Crippen LogP contribution in [-0.2, 0) is 33.5 Å². The highest BCUT2D eigenvalue weighted by Gasteiger charge is 2.29. The van der Waals surface area contributed by atoms with Gasteiger partial charge in [-0.3, -0.25) is 9.68 Å². The molecule has 0 N–H and O–H groups in total. The number of hydrogen-bond donors (Lipinski definition) is 0. The molecule has 262 valence electrons. The first-order valence-corrected chi connectivity index (χ1v) is 12.0. The van der Waals surface area contributed by atoms with Crippen LogP contribution in [0, 0.1) is 22.7 Å². The van der Waals surface area contributed by atoms with Crippen LogP contribution < -0.4 is 5.11 Å². The topological polar surface area (TPSA) is 196 Å². The summed E-state index contributed by atoms with van der Waals surface area (Å²) in [5.74, 6) is -4.61. The molecule has 0 aromatic carbocycles. The Hall–Kier alpha value is -5.16. The van der Waals surface area contributed by atoms with Crippen LogP contribution in [0.4, 0.5) is 30.4 Å². The van der Waals surface area contributed by atoms with Crippen molar-refractivity contribution in [2.24, 2.45) is 10.3 Å². The van der Waals surface area contributed by atoms with Crippen LogP contribution in [0.2, 0.25) is 0 Å². The normalized spacial score (nSPS) is 10.6. The molecule has 0 aliphatic rings. The molecule has 0 aliphatic carbocycles. The quantitative estimate of drug-likeness (QED) is 0.0686. The lowest BCUT2D eigenvalue weighted by Crippen LogP contribution is -2.37. The molecule has 0 saturated heterocycles. The molecule has 16 nitrogen and oxygen atoms in total. The number of esters is 2. The number of carboxylic acid groups (broad SMARTS) is 1. The molecule has 0 amide bonds. The van der Waals surface area contributed by atoms with Gasteiger partial charge in [0.15, 0.2) is 0 Å². The van der Waals surface area contributed by atoms with Gasteiger partial charge in [0, 0.05) is 0 Å². The van der Waals surface area contributed by atoms with E-state index in [1.807, 2.05) is 0 Å². The molecule has 0 bridgehead atoms. The molecule has 0 aromatic rings. The lowest BCUT2D eigenvalue weighted by Gasteiger charge is -2.07. The van der Waals surface area contributed by atoms with Crippen LogP contribution in [0.15, 0.2) is 10.3 Å². The Morgan fingerprint density at radius 3 is 1.13 bits per heavy atom. The number of oxime groups is 2. The second-order valence-corrected chi connectivity index (χ2v) is 8.15. The first-order valence-electron chi connectivity index (χ1n) is 12.0. The fourth-order valence-electron chi connectivity index (χ4n) is 1.91. The van der Waals surface area contributed by atoms with E-state index in [2.05, 4.69) is 19.8 Å². The third-order valence-corrected chi connectivity index (χ3v) is 3.35. The lowest BCUT2D eigenvalue weighted by molar-refractivity contribution is -0.480. The van der Waals surface area contributed by atoms with E-state index < -0.39 is 42.8 Å². The Balaban J connectivity index is -0.000000285. The molecule has 0 atom stereocenters. The Morgan fingerprint density at radius 1 is 0.761 bits per heavy atom. The Labute approximate surface area is 259 Å². The molecule has 0 rings (SSSR count). The number of aliphatic carboxylic acids is 1. The summed E-state index contributed by atoms with van der Waals surface area (Å²) in [5, 5.41) is 33.1. The predicted molar refractivity (Wildman–Crippen MR) is 144 cm³/mol. The number of amidine groups is 2. The third-order valence-electron chi connectivity index (χ3n) is 3.35. The van der Waals surface area contributed by atoms with Crippen LogP contribution in [-0.4, -0.2) is 143 Å². The van der Waals surface area contributed by atoms with E-state index in [0.717, 1.165) is 0 Å². The molecule has 0 aliphatic heterocycles. The van der Waals surface area contributed by atoms with Crippen molar-refractivity contribution in [1.29, 1.82) is 10.5 Å². The number of carbonyl (C=O) groups is 3. The van der Waals surface area contributed by atoms with Gasteiger partial charge in [-0.15, -0.1) is 0 Å². The first kappa shape index (κ1) is 47.8. The van der Waals surface area contributed by atoms with Gasteiger partial charge in [0.2, 0.25) is 0 Å². The number of carbonyl (C=O) groups excluding carboxylic acids is 3. The van der Waals surface area contributed by atoms with Crippen molar-refractivity contribution in [2.75, 3.05) is 69.6 Å². The highest BCUT2D eigenvalue weighted by molar-refractivity contribution is 6.50. The van der Waals surface area contributed by atoms with Gasteiger partial charge >= 0.3 is 37.4 Å². The van der Waals surface area contributed by atoms with E-state index >= 15 is 0 Å². The summed E-state index contributed by atoms with van der Waals surface area (Å²) in [6.07, 6.45) is -5.19. The maximum Gasteiger partial charge on any atom is 0.673 e. The van der Waals surface area contributed by atoms with Crippen molar-refractivity contribution >= 4 is 48.6 Å². The maximum absolute atomic E-state index is 11.2. The van der Waals surface area contributed by atoms with E-state index in [1.54, 1.807) is 101 Å². The zero-order chi connectivity index (χ0) is 37.4. The van der Waals surface area contributed by atoms with Gasteiger partial charge in [-0.1, -0.05) is 10.3 Å². The number of nitrogens with zero attached hydrogens (tertiary/aromatic N) is 8. The van der Waals surface area contributed by atoms with Crippen molar-refractivity contribution in [2.45, 2.75) is 20.0 Å². The summed E-state index contributed by atoms with van der Waals surface area (Å²) in [6.45, 7) is 3.64. The molecule has 0 radical (unpaired) electrons. The van der Waals surface area contributed by atoms with E-state index in [1.165, 1.54) is 0 Å². The molecule has 0 unspecified atom stereocenters. The molecule has 0 aromatic heterocycles. The van der Waals surface area contributed by atoms with Gasteiger partial charge in [-0.2, -0.15) is 23.7 Å². The van der Waals surface area contributed by atoms with Gasteiger partial charge < -0.3 is 36.6 Å². The Bertz CT molecular complexity index is 1120. The molecule has 46 heavy (non-hydrogen) atoms. The predicted octanol–water partition coefficient (Wildman–Crippen LogP) is -0.131. The Morgan fingerprint density at radius 2 is 1.00 bits per heavy atom. The lowest BCUT2D eigenvalue weighted by atomic mass is 10.3. The summed E-state index contributed by atoms with van der Waals surface area (Å²) in [6, 6.07) is 4.02. The molecule has 0 fully saturated rings. The SMILES string of the molecule is CCOC(=O)C(C#N)=NOC(N(C)C)=[N+](C)C.CCOC(=O)C(C#N)=NOC(N(C)C)=[N+](C)C.F[B-](F)(F)F.O=C([O-])C(F)(F)F. The van der Waals surface area contributed by atoms with Crippen LogP contribution in [0.5, 0.6) is 0 Å². The number of alkyl halides is 3. The average Bonchev–Trinajstić information content (AvgIpc) is 2.87. The first-order chi connectivity index (χ1) is 20.8. The van der Waals surface area contributed by atoms with E-state index in [9.17, 15) is 40.0 Å². The maximum atomic E-state index is 11.2. The van der Waals surface area contributed by atoms with Crippen LogP contribution in [0.3, 0.4) is 0 Å². The summed E-state index contributed by atoms with van der Waals surface area (Å²) in [5.41, 5.74) is -0.846. The molecule has 24 heteroatoms. The van der Waals surface area contributed by atoms with Gasteiger partial charge in [-0.05, 0) is 13.8 Å². The Kier molecular flexibility index (Phi) is 25.1. The molecule has 0 heterocycles. The molecule has 0 spiro atoms. The minimum absolute atomic E-state index is 0.178. The fourth-order valence-corrected chi connectivity index (χ4v) is 1.91. The van der Waals surface area contributed by atoms with Crippen molar-refractivity contribution < 1.29 is 78.2 Å². The molecule has 0 saturated carbocycles. The summed E-state index contributed by atoms with van der Waals surface area (Å²) >= 11 is 0. The van der Waals surface area contributed by atoms with E-state index in [0.29, 0.717) is 12.0 Å². The smallest absolute Gasteiger partial charge is 0.542 e. The second kappa shape index (κ2) is 24.2. The van der Waals surface area contributed by atoms with E-state index in [-0.39, 0.29) is 13.2 Å². The largest absolute Gasteiger partial charge is 0.673 e. The fraction of sp³-hybridized carbons (Fsp3) is 0.591. The van der Waals surface area contributed by atoms with Crippen LogP contribution in [0.1, 0.15) is 13.8 Å². The average molecular weight is 682 g/mol. The van der Waals surface area contributed by atoms with Crippen molar-refractivity contribution in [3.63, 3.8) is 0 Å². The number of rotatable bonds is 6. The number of halogens is 7. The summed E-state index contributed by atoms with van der Waals surface area (Å²) in [7, 11) is 8.01. The van der Waals surface area contributed by atoms with Crippen LogP contribution >= 0.6 is 0 Å². The molecular formula is C22H34BF7N8O8. The number of nitriles is 2. The zero-order valence-electron chi connectivity index (χ0n) is 26.5. The number of ether oxygens (including phenoxy) is 2. The number of hydrogen-bond acceptors (Lipinski definition) is 12. The van der Waals surface area contributed by atoms with Gasteiger partial charge in [0.1, 0.15) is 18.1 Å². The van der Waals surface area contributed by atoms with Gasteiger partial charge in [0.05, 0.1) is 69.6 Å². The standard InChI is InChI=1S/2C10H17N4O3.C2HF3O2.BF4/c2*1-6-16-9(15)8(7-11)12-17-10(13(2)3)14(4)5;3-2(4,5)1(6)7;2-1(3,4)5/h2*6H2,1-5H3;(H,6,7);/q2*+1;;-1/p-1. The highest BCUT2D eigenvalue weighted by atomic mass is 19.5. The number of carboxylic acids is 1.